The van der Waals surface area contributed by atoms with Crippen LogP contribution < -0.4 is 5.73 Å². The topological polar surface area (TPSA) is 81.3 Å². The molecule has 6 nitrogen and oxygen atoms in total. The lowest BCUT2D eigenvalue weighted by Crippen LogP contribution is -2.51. The molecule has 1 aliphatic carbocycles. The Morgan fingerprint density at radius 3 is 2.73 bits per heavy atom. The van der Waals surface area contributed by atoms with Crippen molar-refractivity contribution in [3.63, 3.8) is 0 Å². The van der Waals surface area contributed by atoms with Crippen molar-refractivity contribution in [2.24, 2.45) is 11.7 Å². The van der Waals surface area contributed by atoms with Gasteiger partial charge in [0, 0.05) is 36.8 Å². The predicted molar refractivity (Wildman–Crippen MR) is 115 cm³/mol. The number of nitrogens with zero attached hydrogens (tertiary/aromatic N) is 3. The molecule has 30 heavy (non-hydrogen) atoms. The van der Waals surface area contributed by atoms with Gasteiger partial charge in [-0.25, -0.2) is 9.97 Å². The monoisotopic (exact) mass is 406 g/mol. The van der Waals surface area contributed by atoms with E-state index in [1.165, 1.54) is 5.56 Å². The van der Waals surface area contributed by atoms with Crippen molar-refractivity contribution >= 4 is 5.91 Å². The largest absolute Gasteiger partial charge is 0.368 e. The van der Waals surface area contributed by atoms with Crippen molar-refractivity contribution in [3.8, 4) is 11.4 Å². The molecule has 2 fully saturated rings. The predicted octanol–water partition coefficient (Wildman–Crippen LogP) is 3.05. The molecule has 5 rings (SSSR count). The van der Waals surface area contributed by atoms with Crippen molar-refractivity contribution in [1.29, 1.82) is 0 Å². The number of piperidine rings is 1. The van der Waals surface area contributed by atoms with E-state index in [1.54, 1.807) is 0 Å². The summed E-state index contributed by atoms with van der Waals surface area (Å²) in [7, 11) is 0. The Morgan fingerprint density at radius 2 is 1.97 bits per heavy atom. The van der Waals surface area contributed by atoms with Crippen LogP contribution in [0, 0.1) is 5.92 Å². The van der Waals surface area contributed by atoms with Crippen LogP contribution in [0.1, 0.15) is 49.8 Å². The molecule has 1 aromatic heterocycles. The van der Waals surface area contributed by atoms with Gasteiger partial charge in [0.2, 0.25) is 5.91 Å². The molecule has 1 amide bonds. The van der Waals surface area contributed by atoms with E-state index in [0.29, 0.717) is 19.7 Å². The van der Waals surface area contributed by atoms with Crippen LogP contribution in [0.3, 0.4) is 0 Å². The molecule has 2 aliphatic heterocycles. The zero-order chi connectivity index (χ0) is 20.6. The second-order valence-electron chi connectivity index (χ2n) is 8.98. The Morgan fingerprint density at radius 1 is 1.17 bits per heavy atom. The molecule has 1 aromatic carbocycles. The molecule has 1 spiro atoms. The zero-order valence-electron chi connectivity index (χ0n) is 17.4. The van der Waals surface area contributed by atoms with Crippen LogP contribution in [0.2, 0.25) is 0 Å². The minimum Gasteiger partial charge on any atom is -0.368 e. The number of carbonyl (C=O) groups excluding carboxylic acids is 1. The van der Waals surface area contributed by atoms with Crippen LogP contribution in [-0.2, 0) is 21.6 Å². The second-order valence-corrected chi connectivity index (χ2v) is 8.98. The van der Waals surface area contributed by atoms with E-state index in [1.807, 2.05) is 41.4 Å². The van der Waals surface area contributed by atoms with Gasteiger partial charge in [-0.2, -0.15) is 0 Å². The first kappa shape index (κ1) is 19.6. The number of ether oxygens (including phenoxy) is 1. The van der Waals surface area contributed by atoms with Crippen LogP contribution in [0.5, 0.6) is 0 Å². The maximum Gasteiger partial charge on any atom is 0.225 e. The van der Waals surface area contributed by atoms with Crippen molar-refractivity contribution in [2.75, 3.05) is 19.7 Å². The molecule has 158 valence electrons. The third-order valence-corrected chi connectivity index (χ3v) is 7.02. The van der Waals surface area contributed by atoms with Gasteiger partial charge in [-0.15, -0.1) is 0 Å². The summed E-state index contributed by atoms with van der Waals surface area (Å²) in [6.45, 7) is 2.12. The van der Waals surface area contributed by atoms with Gasteiger partial charge in [0.05, 0.1) is 12.3 Å². The highest BCUT2D eigenvalue weighted by molar-refractivity contribution is 5.79. The number of nitrogens with two attached hydrogens (primary N) is 1. The maximum absolute atomic E-state index is 13.1. The van der Waals surface area contributed by atoms with Crippen molar-refractivity contribution in [1.82, 2.24) is 14.9 Å². The molecule has 1 saturated heterocycles. The number of aromatic nitrogens is 2. The lowest BCUT2D eigenvalue weighted by Gasteiger charge is -2.45. The number of fused-ring (bicyclic) bond motifs is 2. The quantitative estimate of drug-likeness (QED) is 0.829. The molecule has 6 heteroatoms. The number of rotatable bonds is 2. The van der Waals surface area contributed by atoms with Gasteiger partial charge in [-0.1, -0.05) is 36.8 Å². The second kappa shape index (κ2) is 8.08. The highest BCUT2D eigenvalue weighted by Crippen LogP contribution is 2.41. The summed E-state index contributed by atoms with van der Waals surface area (Å²) in [5.74, 6) is 1.12. The number of likely N-dealkylation sites (tertiary alicyclic amines) is 1. The molecule has 3 heterocycles. The number of hydrogen-bond acceptors (Lipinski definition) is 5. The lowest BCUT2D eigenvalue weighted by atomic mass is 9.81. The van der Waals surface area contributed by atoms with Gasteiger partial charge in [-0.3, -0.25) is 4.79 Å². The molecule has 2 atom stereocenters. The van der Waals surface area contributed by atoms with Gasteiger partial charge < -0.3 is 15.4 Å². The third kappa shape index (κ3) is 3.63. The first-order valence-corrected chi connectivity index (χ1v) is 11.2. The highest BCUT2D eigenvalue weighted by atomic mass is 16.5. The van der Waals surface area contributed by atoms with Gasteiger partial charge in [-0.05, 0) is 44.1 Å². The molecule has 0 unspecified atom stereocenters. The van der Waals surface area contributed by atoms with E-state index in [4.69, 9.17) is 15.5 Å². The van der Waals surface area contributed by atoms with Gasteiger partial charge >= 0.3 is 0 Å². The lowest BCUT2D eigenvalue weighted by molar-refractivity contribution is -0.146. The van der Waals surface area contributed by atoms with Crippen molar-refractivity contribution < 1.29 is 9.53 Å². The average Bonchev–Trinajstić information content (AvgIpc) is 2.80. The van der Waals surface area contributed by atoms with E-state index in [2.05, 4.69) is 4.98 Å². The van der Waals surface area contributed by atoms with Gasteiger partial charge in [0.25, 0.3) is 0 Å². The molecule has 2 N–H and O–H groups in total. The summed E-state index contributed by atoms with van der Waals surface area (Å²) >= 11 is 0. The van der Waals surface area contributed by atoms with E-state index in [9.17, 15) is 4.79 Å². The molecule has 1 saturated carbocycles. The Balaban J connectivity index is 1.35. The van der Waals surface area contributed by atoms with Crippen LogP contribution >= 0.6 is 0 Å². The molecule has 0 radical (unpaired) electrons. The van der Waals surface area contributed by atoms with Crippen molar-refractivity contribution in [3.05, 3.63) is 47.8 Å². The molecule has 3 aliphatic rings. The Hall–Kier alpha value is -2.31. The molecular formula is C24H30N4O2. The average molecular weight is 407 g/mol. The SMILES string of the molecule is N[C@H]1CCC[C@@H](C(=O)N2CCC3(CC2)OCCc2cnc(-c4ccccc4)nc23)C1. The van der Waals surface area contributed by atoms with Crippen LogP contribution in [0.15, 0.2) is 36.5 Å². The first-order chi connectivity index (χ1) is 14.6. The number of amides is 1. The van der Waals surface area contributed by atoms with Gasteiger partial charge in [0.15, 0.2) is 5.82 Å². The minimum atomic E-state index is -0.403. The fourth-order valence-electron chi connectivity index (χ4n) is 5.31. The van der Waals surface area contributed by atoms with Crippen LogP contribution in [0.25, 0.3) is 11.4 Å². The maximum atomic E-state index is 13.1. The first-order valence-electron chi connectivity index (χ1n) is 11.2. The highest BCUT2D eigenvalue weighted by Gasteiger charge is 2.44. The fourth-order valence-corrected chi connectivity index (χ4v) is 5.31. The van der Waals surface area contributed by atoms with E-state index < -0.39 is 5.60 Å². The van der Waals surface area contributed by atoms with Crippen molar-refractivity contribution in [2.45, 2.75) is 56.6 Å². The normalized spacial score (nSPS) is 25.7. The fraction of sp³-hybridized carbons (Fsp3) is 0.542. The minimum absolute atomic E-state index is 0.0920. The van der Waals surface area contributed by atoms with E-state index in [0.717, 1.165) is 62.0 Å². The van der Waals surface area contributed by atoms with E-state index in [-0.39, 0.29) is 17.9 Å². The van der Waals surface area contributed by atoms with Gasteiger partial charge in [0.1, 0.15) is 5.60 Å². The molecule has 2 aromatic rings. The van der Waals surface area contributed by atoms with Crippen LogP contribution in [0.4, 0.5) is 0 Å². The number of carbonyl (C=O) groups is 1. The Labute approximate surface area is 177 Å². The standard InChI is InChI=1S/C24H30N4O2/c25-20-8-4-7-18(15-20)23(29)28-12-10-24(11-13-28)21-19(9-14-30-24)16-26-22(27-21)17-5-2-1-3-6-17/h1-3,5-6,16,18,20H,4,7-15,25H2/t18-,20+/m1/s1. The summed E-state index contributed by atoms with van der Waals surface area (Å²) in [5, 5.41) is 0. The summed E-state index contributed by atoms with van der Waals surface area (Å²) in [6.07, 6.45) is 8.29. The number of hydrogen-bond donors (Lipinski definition) is 1. The van der Waals surface area contributed by atoms with E-state index >= 15 is 0 Å². The van der Waals surface area contributed by atoms with Crippen LogP contribution in [-0.4, -0.2) is 46.5 Å². The summed E-state index contributed by atoms with van der Waals surface area (Å²) < 4.78 is 6.37. The molecular weight excluding hydrogens is 376 g/mol. The number of benzene rings is 1. The zero-order valence-corrected chi connectivity index (χ0v) is 17.4. The summed E-state index contributed by atoms with van der Waals surface area (Å²) in [6, 6.07) is 10.3. The molecule has 0 bridgehead atoms. The third-order valence-electron chi connectivity index (χ3n) is 7.02. The Bertz CT molecular complexity index is 909. The summed E-state index contributed by atoms with van der Waals surface area (Å²) in [5.41, 5.74) is 8.93. The summed E-state index contributed by atoms with van der Waals surface area (Å²) in [4.78, 5) is 24.7. The smallest absolute Gasteiger partial charge is 0.225 e. The Kier molecular flexibility index (Phi) is 5.29.